The SMILES string of the molecule is O=C(CN1C(=O)SC(=Cc2ccccc2)C1=O)Nc1ccc(S(=O)(=O)Nc2ccccn2)cc1. The van der Waals surface area contributed by atoms with Gasteiger partial charge in [0.25, 0.3) is 21.2 Å². The predicted octanol–water partition coefficient (Wildman–Crippen LogP) is 3.56. The molecule has 4 rings (SSSR count). The van der Waals surface area contributed by atoms with E-state index in [2.05, 4.69) is 15.0 Å². The topological polar surface area (TPSA) is 126 Å². The van der Waals surface area contributed by atoms with E-state index in [0.29, 0.717) is 5.69 Å². The molecule has 1 aromatic heterocycles. The van der Waals surface area contributed by atoms with Crippen LogP contribution in [0.4, 0.5) is 16.3 Å². The molecule has 0 bridgehead atoms. The Bertz CT molecular complexity index is 1360. The summed E-state index contributed by atoms with van der Waals surface area (Å²) in [6.07, 6.45) is 3.06. The minimum Gasteiger partial charge on any atom is -0.325 e. The number of imide groups is 1. The summed E-state index contributed by atoms with van der Waals surface area (Å²) in [5, 5.41) is 2.02. The number of nitrogens with zero attached hydrogens (tertiary/aromatic N) is 2. The summed E-state index contributed by atoms with van der Waals surface area (Å²) in [6, 6.07) is 19.4. The number of amides is 3. The molecule has 172 valence electrons. The Hall–Kier alpha value is -3.96. The predicted molar refractivity (Wildman–Crippen MR) is 129 cm³/mol. The molecule has 0 atom stereocenters. The summed E-state index contributed by atoms with van der Waals surface area (Å²) in [5.41, 5.74) is 1.08. The van der Waals surface area contributed by atoms with E-state index < -0.39 is 33.6 Å². The Balaban J connectivity index is 1.38. The van der Waals surface area contributed by atoms with Crippen LogP contribution in [0.1, 0.15) is 5.56 Å². The van der Waals surface area contributed by atoms with E-state index >= 15 is 0 Å². The van der Waals surface area contributed by atoms with Gasteiger partial charge in [0.05, 0.1) is 9.80 Å². The van der Waals surface area contributed by atoms with E-state index in [4.69, 9.17) is 0 Å². The molecule has 1 saturated heterocycles. The van der Waals surface area contributed by atoms with Crippen molar-refractivity contribution in [2.24, 2.45) is 0 Å². The number of rotatable bonds is 7. The quantitative estimate of drug-likeness (QED) is 0.481. The zero-order chi connectivity index (χ0) is 24.1. The van der Waals surface area contributed by atoms with E-state index in [1.807, 2.05) is 18.2 Å². The van der Waals surface area contributed by atoms with Crippen LogP contribution in [0.15, 0.2) is 88.8 Å². The number of thioether (sulfide) groups is 1. The van der Waals surface area contributed by atoms with Crippen molar-refractivity contribution in [3.05, 3.63) is 89.5 Å². The Labute approximate surface area is 199 Å². The fraction of sp³-hybridized carbons (Fsp3) is 0.0435. The van der Waals surface area contributed by atoms with E-state index in [9.17, 15) is 22.8 Å². The number of carbonyl (C=O) groups is 3. The molecule has 3 amide bonds. The van der Waals surface area contributed by atoms with E-state index in [0.717, 1.165) is 22.2 Å². The molecule has 3 aromatic rings. The molecular weight excluding hydrogens is 476 g/mol. The second kappa shape index (κ2) is 9.89. The van der Waals surface area contributed by atoms with Crippen molar-refractivity contribution in [3.63, 3.8) is 0 Å². The van der Waals surface area contributed by atoms with Crippen LogP contribution < -0.4 is 10.0 Å². The monoisotopic (exact) mass is 494 g/mol. The molecule has 2 N–H and O–H groups in total. The number of hydrogen-bond acceptors (Lipinski definition) is 7. The zero-order valence-corrected chi connectivity index (χ0v) is 19.2. The number of sulfonamides is 1. The van der Waals surface area contributed by atoms with E-state index in [1.165, 1.54) is 36.5 Å². The lowest BCUT2D eigenvalue weighted by Crippen LogP contribution is -2.36. The van der Waals surface area contributed by atoms with Gasteiger partial charge in [0.1, 0.15) is 12.4 Å². The van der Waals surface area contributed by atoms with Crippen LogP contribution >= 0.6 is 11.8 Å². The average Bonchev–Trinajstić information content (AvgIpc) is 3.07. The highest BCUT2D eigenvalue weighted by Crippen LogP contribution is 2.32. The maximum absolute atomic E-state index is 12.6. The summed E-state index contributed by atoms with van der Waals surface area (Å²) in [5.74, 6) is -0.958. The molecule has 1 aliphatic rings. The lowest BCUT2D eigenvalue weighted by Gasteiger charge is -2.13. The summed E-state index contributed by atoms with van der Waals surface area (Å²) in [6.45, 7) is -0.460. The molecule has 0 unspecified atom stereocenters. The van der Waals surface area contributed by atoms with Crippen molar-refractivity contribution < 1.29 is 22.8 Å². The standard InChI is InChI=1S/C23H18N4O5S2/c28-21(15-27-22(29)19(33-23(27)30)14-16-6-2-1-3-7-16)25-17-9-11-18(12-10-17)34(31,32)26-20-8-4-5-13-24-20/h1-14H,15H2,(H,24,26)(H,25,28). The molecule has 0 radical (unpaired) electrons. The molecule has 9 nitrogen and oxygen atoms in total. The first-order valence-corrected chi connectivity index (χ1v) is 12.3. The van der Waals surface area contributed by atoms with Crippen LogP contribution in [0.3, 0.4) is 0 Å². The van der Waals surface area contributed by atoms with Gasteiger partial charge >= 0.3 is 0 Å². The number of carbonyl (C=O) groups excluding carboxylic acids is 3. The molecule has 1 fully saturated rings. The van der Waals surface area contributed by atoms with Gasteiger partial charge in [0.2, 0.25) is 5.91 Å². The third kappa shape index (κ3) is 5.50. The minimum absolute atomic E-state index is 0.0202. The third-order valence-electron chi connectivity index (χ3n) is 4.62. The highest BCUT2D eigenvalue weighted by molar-refractivity contribution is 8.18. The summed E-state index contributed by atoms with van der Waals surface area (Å²) in [4.78, 5) is 42.2. The van der Waals surface area contributed by atoms with E-state index in [-0.39, 0.29) is 15.6 Å². The van der Waals surface area contributed by atoms with E-state index in [1.54, 1.807) is 30.3 Å². The van der Waals surface area contributed by atoms with Gasteiger partial charge in [-0.2, -0.15) is 0 Å². The molecular formula is C23H18N4O5S2. The maximum Gasteiger partial charge on any atom is 0.294 e. The number of pyridine rings is 1. The number of anilines is 2. The molecule has 0 aliphatic carbocycles. The van der Waals surface area contributed by atoms with Crippen LogP contribution in [0.25, 0.3) is 6.08 Å². The molecule has 2 aromatic carbocycles. The first kappa shape index (κ1) is 23.2. The van der Waals surface area contributed by atoms with Crippen molar-refractivity contribution in [3.8, 4) is 0 Å². The molecule has 0 spiro atoms. The summed E-state index contributed by atoms with van der Waals surface area (Å²) >= 11 is 0.770. The maximum atomic E-state index is 12.6. The molecule has 2 heterocycles. The van der Waals surface area contributed by atoms with Crippen LogP contribution in [-0.2, 0) is 19.6 Å². The highest BCUT2D eigenvalue weighted by atomic mass is 32.2. The molecule has 11 heteroatoms. The highest BCUT2D eigenvalue weighted by Gasteiger charge is 2.36. The van der Waals surface area contributed by atoms with Gasteiger partial charge in [0, 0.05) is 11.9 Å². The van der Waals surface area contributed by atoms with Crippen LogP contribution in [-0.4, -0.2) is 41.9 Å². The average molecular weight is 495 g/mol. The fourth-order valence-corrected chi connectivity index (χ4v) is 4.86. The van der Waals surface area contributed by atoms with Gasteiger partial charge < -0.3 is 5.32 Å². The Kier molecular flexibility index (Phi) is 6.75. The smallest absolute Gasteiger partial charge is 0.294 e. The third-order valence-corrected chi connectivity index (χ3v) is 6.90. The van der Waals surface area contributed by atoms with Crippen molar-refractivity contribution >= 4 is 56.4 Å². The number of benzene rings is 2. The van der Waals surface area contributed by atoms with Crippen LogP contribution in [0.2, 0.25) is 0 Å². The lowest BCUT2D eigenvalue weighted by atomic mass is 10.2. The van der Waals surface area contributed by atoms with Crippen molar-refractivity contribution in [1.82, 2.24) is 9.88 Å². The van der Waals surface area contributed by atoms with Crippen molar-refractivity contribution in [1.29, 1.82) is 0 Å². The number of hydrogen-bond donors (Lipinski definition) is 2. The minimum atomic E-state index is -3.86. The van der Waals surface area contributed by atoms with Gasteiger partial charge in [-0.15, -0.1) is 0 Å². The van der Waals surface area contributed by atoms with Crippen molar-refractivity contribution in [2.45, 2.75) is 4.90 Å². The first-order valence-electron chi connectivity index (χ1n) is 9.96. The lowest BCUT2D eigenvalue weighted by molar-refractivity contribution is -0.127. The Morgan fingerprint density at radius 3 is 2.35 bits per heavy atom. The van der Waals surface area contributed by atoms with Gasteiger partial charge in [-0.25, -0.2) is 13.4 Å². The largest absolute Gasteiger partial charge is 0.325 e. The second-order valence-corrected chi connectivity index (χ2v) is 9.75. The van der Waals surface area contributed by atoms with Gasteiger partial charge in [-0.3, -0.25) is 24.0 Å². The van der Waals surface area contributed by atoms with Crippen molar-refractivity contribution in [2.75, 3.05) is 16.6 Å². The summed E-state index contributed by atoms with van der Waals surface area (Å²) < 4.78 is 27.3. The molecule has 1 aliphatic heterocycles. The number of nitrogens with one attached hydrogen (secondary N) is 2. The molecule has 0 saturated carbocycles. The second-order valence-electron chi connectivity index (χ2n) is 7.07. The van der Waals surface area contributed by atoms with Gasteiger partial charge in [-0.1, -0.05) is 36.4 Å². The fourth-order valence-electron chi connectivity index (χ4n) is 3.02. The van der Waals surface area contributed by atoms with Crippen LogP contribution in [0, 0.1) is 0 Å². The normalized spacial score (nSPS) is 14.9. The molecule has 34 heavy (non-hydrogen) atoms. The van der Waals surface area contributed by atoms with Gasteiger partial charge in [0.15, 0.2) is 0 Å². The summed E-state index contributed by atoms with van der Waals surface area (Å²) in [7, 11) is -3.86. The first-order chi connectivity index (χ1) is 16.3. The Morgan fingerprint density at radius 2 is 1.68 bits per heavy atom. The zero-order valence-electron chi connectivity index (χ0n) is 17.5. The van der Waals surface area contributed by atoms with Gasteiger partial charge in [-0.05, 0) is 59.8 Å². The van der Waals surface area contributed by atoms with Crippen LogP contribution in [0.5, 0.6) is 0 Å². The number of aromatic nitrogens is 1. The Morgan fingerprint density at radius 1 is 0.971 bits per heavy atom.